The maximum atomic E-state index is 14.4. The molecule has 1 atom stereocenters. The molecule has 2 aromatic rings. The van der Waals surface area contributed by atoms with Crippen LogP contribution in [0.25, 0.3) is 0 Å². The van der Waals surface area contributed by atoms with Gasteiger partial charge in [-0.15, -0.1) is 0 Å². The molecule has 170 valence electrons. The summed E-state index contributed by atoms with van der Waals surface area (Å²) in [6.07, 6.45) is -3.15. The van der Waals surface area contributed by atoms with E-state index in [2.05, 4.69) is 10.3 Å². The molecule has 1 aliphatic rings. The molecule has 1 saturated heterocycles. The van der Waals surface area contributed by atoms with E-state index in [1.165, 1.54) is 31.3 Å². The molecule has 0 aliphatic carbocycles. The second-order valence-corrected chi connectivity index (χ2v) is 7.41. The van der Waals surface area contributed by atoms with Crippen LogP contribution >= 0.6 is 0 Å². The fourth-order valence-corrected chi connectivity index (χ4v) is 3.33. The molecule has 0 saturated carbocycles. The number of hydrogen-bond donors (Lipinski definition) is 1. The lowest BCUT2D eigenvalue weighted by molar-refractivity contribution is -0.144. The third kappa shape index (κ3) is 5.04. The van der Waals surface area contributed by atoms with Crippen LogP contribution in [0.5, 0.6) is 0 Å². The molecule has 0 radical (unpaired) electrons. The average molecular weight is 452 g/mol. The van der Waals surface area contributed by atoms with Gasteiger partial charge in [0.25, 0.3) is 5.91 Å². The van der Waals surface area contributed by atoms with Crippen molar-refractivity contribution in [2.24, 2.45) is 0 Å². The minimum Gasteiger partial charge on any atom is -0.354 e. The highest BCUT2D eigenvalue weighted by Gasteiger charge is 2.41. The number of aryl methyl sites for hydroxylation is 1. The summed E-state index contributed by atoms with van der Waals surface area (Å²) in [6, 6.07) is 4.17. The van der Waals surface area contributed by atoms with E-state index in [0.29, 0.717) is 11.1 Å². The number of carbonyl (C=O) groups excluding carboxylic acids is 3. The number of nitrogens with zero attached hydrogens (tertiary/aromatic N) is 3. The molecule has 1 N–H and O–H groups in total. The van der Waals surface area contributed by atoms with Gasteiger partial charge < -0.3 is 10.2 Å². The van der Waals surface area contributed by atoms with Gasteiger partial charge in [0.15, 0.2) is 11.6 Å². The number of pyridine rings is 1. The second-order valence-electron chi connectivity index (χ2n) is 7.41. The minimum atomic E-state index is -4.50. The Hall–Kier alpha value is -3.50. The highest BCUT2D eigenvalue weighted by atomic mass is 19.4. The molecule has 0 spiro atoms. The van der Waals surface area contributed by atoms with Gasteiger partial charge in [0.2, 0.25) is 11.8 Å². The van der Waals surface area contributed by atoms with Crippen LogP contribution in [-0.2, 0) is 27.1 Å². The van der Waals surface area contributed by atoms with Crippen molar-refractivity contribution in [3.63, 3.8) is 0 Å². The zero-order valence-corrected chi connectivity index (χ0v) is 17.2. The van der Waals surface area contributed by atoms with Gasteiger partial charge in [0.1, 0.15) is 12.6 Å². The number of amides is 3. The standard InChI is InChI=1S/C21H20F4N4O3/c1-12-7-16(22)19(27-8-12)29-11-18(31)28(17(20(29)32)9-26-13(2)30)10-14-3-5-15(6-4-14)21(23,24)25/h3-8,17H,9-11H2,1-2H3,(H,26,30). The van der Waals surface area contributed by atoms with Crippen molar-refractivity contribution in [1.82, 2.24) is 15.2 Å². The van der Waals surface area contributed by atoms with Crippen molar-refractivity contribution in [1.29, 1.82) is 0 Å². The molecule has 32 heavy (non-hydrogen) atoms. The zero-order valence-electron chi connectivity index (χ0n) is 17.2. The summed E-state index contributed by atoms with van der Waals surface area (Å²) in [5.74, 6) is -2.77. The number of alkyl halides is 3. The van der Waals surface area contributed by atoms with Crippen molar-refractivity contribution in [2.45, 2.75) is 32.6 Å². The number of halogens is 4. The molecular formula is C21H20F4N4O3. The van der Waals surface area contributed by atoms with Gasteiger partial charge in [0, 0.05) is 26.2 Å². The van der Waals surface area contributed by atoms with Crippen LogP contribution in [0.2, 0.25) is 0 Å². The molecule has 1 aromatic heterocycles. The van der Waals surface area contributed by atoms with Gasteiger partial charge in [-0.1, -0.05) is 12.1 Å². The Bertz CT molecular complexity index is 1040. The maximum Gasteiger partial charge on any atom is 0.416 e. The van der Waals surface area contributed by atoms with Gasteiger partial charge in [-0.25, -0.2) is 9.37 Å². The molecule has 1 aromatic carbocycles. The number of nitrogens with one attached hydrogen (secondary N) is 1. The predicted octanol–water partition coefficient (Wildman–Crippen LogP) is 2.43. The second kappa shape index (κ2) is 8.93. The van der Waals surface area contributed by atoms with Crippen LogP contribution in [-0.4, -0.2) is 46.7 Å². The Morgan fingerprint density at radius 1 is 1.22 bits per heavy atom. The SMILES string of the molecule is CC(=O)NCC1C(=O)N(c2ncc(C)cc2F)CC(=O)N1Cc1ccc(C(F)(F)F)cc1. The Morgan fingerprint density at radius 2 is 1.88 bits per heavy atom. The number of piperazine rings is 1. The van der Waals surface area contributed by atoms with Crippen LogP contribution < -0.4 is 10.2 Å². The molecular weight excluding hydrogens is 432 g/mol. The fourth-order valence-electron chi connectivity index (χ4n) is 3.33. The molecule has 3 amide bonds. The lowest BCUT2D eigenvalue weighted by atomic mass is 10.1. The summed E-state index contributed by atoms with van der Waals surface area (Å²) in [5, 5.41) is 2.46. The van der Waals surface area contributed by atoms with Crippen molar-refractivity contribution >= 4 is 23.5 Å². The monoisotopic (exact) mass is 452 g/mol. The lowest BCUT2D eigenvalue weighted by Crippen LogP contribution is -2.63. The van der Waals surface area contributed by atoms with Crippen LogP contribution in [0.1, 0.15) is 23.6 Å². The van der Waals surface area contributed by atoms with Gasteiger partial charge in [-0.05, 0) is 36.2 Å². The molecule has 11 heteroatoms. The van der Waals surface area contributed by atoms with Gasteiger partial charge in [-0.3, -0.25) is 19.3 Å². The van der Waals surface area contributed by atoms with E-state index < -0.39 is 47.9 Å². The summed E-state index contributed by atoms with van der Waals surface area (Å²) < 4.78 is 52.8. The zero-order chi connectivity index (χ0) is 23.6. The summed E-state index contributed by atoms with van der Waals surface area (Å²) in [6.45, 7) is 1.95. The van der Waals surface area contributed by atoms with Crippen molar-refractivity contribution < 1.29 is 31.9 Å². The molecule has 1 aliphatic heterocycles. The molecule has 3 rings (SSSR count). The van der Waals surface area contributed by atoms with E-state index in [1.54, 1.807) is 6.92 Å². The third-order valence-corrected chi connectivity index (χ3v) is 4.93. The number of benzene rings is 1. The Kier molecular flexibility index (Phi) is 6.47. The van der Waals surface area contributed by atoms with Gasteiger partial charge in [-0.2, -0.15) is 13.2 Å². The van der Waals surface area contributed by atoms with Crippen molar-refractivity contribution in [3.8, 4) is 0 Å². The fraction of sp³-hybridized carbons (Fsp3) is 0.333. The highest BCUT2D eigenvalue weighted by molar-refractivity contribution is 6.06. The average Bonchev–Trinajstić information content (AvgIpc) is 2.70. The van der Waals surface area contributed by atoms with E-state index >= 15 is 0 Å². The minimum absolute atomic E-state index is 0.162. The Labute approximate surface area is 181 Å². The Morgan fingerprint density at radius 3 is 2.44 bits per heavy atom. The van der Waals surface area contributed by atoms with E-state index in [9.17, 15) is 31.9 Å². The first kappa shape index (κ1) is 23.2. The summed E-state index contributed by atoms with van der Waals surface area (Å²) in [7, 11) is 0. The first-order valence-electron chi connectivity index (χ1n) is 9.61. The first-order valence-corrected chi connectivity index (χ1v) is 9.61. The molecule has 7 nitrogen and oxygen atoms in total. The van der Waals surface area contributed by atoms with Gasteiger partial charge >= 0.3 is 6.18 Å². The lowest BCUT2D eigenvalue weighted by Gasteiger charge is -2.40. The van der Waals surface area contributed by atoms with Crippen LogP contribution in [0.3, 0.4) is 0 Å². The smallest absolute Gasteiger partial charge is 0.354 e. The van der Waals surface area contributed by atoms with Crippen molar-refractivity contribution in [2.75, 3.05) is 18.0 Å². The summed E-state index contributed by atoms with van der Waals surface area (Å²) in [4.78, 5) is 43.4. The van der Waals surface area contributed by atoms with E-state index in [0.717, 1.165) is 21.9 Å². The molecule has 2 heterocycles. The first-order chi connectivity index (χ1) is 15.0. The number of anilines is 1. The summed E-state index contributed by atoms with van der Waals surface area (Å²) in [5.41, 5.74) is 0.0463. The van der Waals surface area contributed by atoms with Gasteiger partial charge in [0.05, 0.1) is 5.56 Å². The van der Waals surface area contributed by atoms with E-state index in [1.807, 2.05) is 0 Å². The molecule has 0 bridgehead atoms. The number of aromatic nitrogens is 1. The quantitative estimate of drug-likeness (QED) is 0.707. The van der Waals surface area contributed by atoms with Crippen LogP contribution in [0, 0.1) is 12.7 Å². The van der Waals surface area contributed by atoms with E-state index in [-0.39, 0.29) is 18.9 Å². The maximum absolute atomic E-state index is 14.4. The number of carbonyl (C=O) groups is 3. The van der Waals surface area contributed by atoms with Crippen LogP contribution in [0.4, 0.5) is 23.4 Å². The Balaban J connectivity index is 1.89. The number of rotatable bonds is 5. The highest BCUT2D eigenvalue weighted by Crippen LogP contribution is 2.30. The topological polar surface area (TPSA) is 82.6 Å². The molecule has 1 fully saturated rings. The summed E-state index contributed by atoms with van der Waals surface area (Å²) >= 11 is 0. The number of hydrogen-bond acceptors (Lipinski definition) is 4. The predicted molar refractivity (Wildman–Crippen MR) is 106 cm³/mol. The van der Waals surface area contributed by atoms with Crippen LogP contribution in [0.15, 0.2) is 36.5 Å². The normalized spacial score (nSPS) is 17.0. The van der Waals surface area contributed by atoms with E-state index in [4.69, 9.17) is 0 Å². The largest absolute Gasteiger partial charge is 0.416 e. The van der Waals surface area contributed by atoms with Crippen molar-refractivity contribution in [3.05, 3.63) is 59.0 Å². The molecule has 1 unspecified atom stereocenters. The third-order valence-electron chi connectivity index (χ3n) is 4.93.